The molecule has 0 aliphatic heterocycles. The Kier molecular flexibility index (Phi) is 6.88. The molecule has 0 atom stereocenters. The van der Waals surface area contributed by atoms with E-state index in [2.05, 4.69) is 85.5 Å². The molecule has 0 fully saturated rings. The zero-order valence-corrected chi connectivity index (χ0v) is 18.2. The lowest BCUT2D eigenvalue weighted by atomic mass is 10.1. The Labute approximate surface area is 141 Å². The summed E-state index contributed by atoms with van der Waals surface area (Å²) in [6, 6.07) is 10.5. The molecule has 2 heteroatoms. The predicted octanol–water partition coefficient (Wildman–Crippen LogP) is 6.07. The van der Waals surface area contributed by atoms with Crippen LogP contribution in [0.5, 0.6) is 0 Å². The maximum Gasteiger partial charge on any atom is 0.0656 e. The predicted molar refractivity (Wildman–Crippen MR) is 110 cm³/mol. The van der Waals surface area contributed by atoms with Crippen LogP contribution in [0.4, 0.5) is 0 Å². The van der Waals surface area contributed by atoms with Crippen molar-refractivity contribution in [1.29, 1.82) is 0 Å². The highest BCUT2D eigenvalue weighted by Gasteiger charge is 2.42. The maximum atomic E-state index is 4.48. The van der Waals surface area contributed by atoms with Gasteiger partial charge in [0.2, 0.25) is 0 Å². The molecule has 1 aromatic carbocycles. The normalized spacial score (nSPS) is 12.7. The summed E-state index contributed by atoms with van der Waals surface area (Å²) in [5, 5.41) is 1.55. The van der Waals surface area contributed by atoms with Crippen molar-refractivity contribution in [3.8, 4) is 0 Å². The second-order valence-corrected chi connectivity index (χ2v) is 17.2. The third-order valence-corrected chi connectivity index (χ3v) is 14.9. The van der Waals surface area contributed by atoms with Gasteiger partial charge in [-0.15, -0.1) is 0 Å². The highest BCUT2D eigenvalue weighted by molar-refractivity contribution is 6.84. The van der Waals surface area contributed by atoms with Gasteiger partial charge in [-0.25, -0.2) is 0 Å². The molecule has 0 aromatic heterocycles. The second-order valence-electron chi connectivity index (χ2n) is 8.13. The minimum absolute atomic E-state index is 0.693. The van der Waals surface area contributed by atoms with E-state index < -0.39 is 16.9 Å². The van der Waals surface area contributed by atoms with Gasteiger partial charge in [0.15, 0.2) is 0 Å². The zero-order valence-electron chi connectivity index (χ0n) is 16.0. The van der Waals surface area contributed by atoms with Gasteiger partial charge in [0.25, 0.3) is 0 Å². The van der Waals surface area contributed by atoms with Crippen molar-refractivity contribution < 1.29 is 0 Å². The molecule has 0 spiro atoms. The summed E-state index contributed by atoms with van der Waals surface area (Å²) in [4.78, 5) is 0. The number of benzene rings is 1. The first-order valence-corrected chi connectivity index (χ1v) is 14.2. The van der Waals surface area contributed by atoms with E-state index in [0.29, 0.717) is 0 Å². The van der Waals surface area contributed by atoms with Crippen LogP contribution in [-0.4, -0.2) is 16.9 Å². The molecule has 0 radical (unpaired) electrons. The van der Waals surface area contributed by atoms with Crippen molar-refractivity contribution in [2.45, 2.75) is 77.3 Å². The molecule has 0 heterocycles. The summed E-state index contributed by atoms with van der Waals surface area (Å²) >= 11 is 0. The lowest BCUT2D eigenvalue weighted by molar-refractivity contribution is 0.812. The fourth-order valence-electron chi connectivity index (χ4n) is 4.19. The Balaban J connectivity index is 3.06. The minimum atomic E-state index is -1.40. The van der Waals surface area contributed by atoms with Crippen molar-refractivity contribution in [3.63, 3.8) is 0 Å². The Bertz CT molecular complexity index is 459. The lowest BCUT2D eigenvalue weighted by Crippen LogP contribution is -2.44. The van der Waals surface area contributed by atoms with Crippen molar-refractivity contribution in [2.24, 2.45) is 0 Å². The highest BCUT2D eigenvalue weighted by Crippen LogP contribution is 2.47. The second kappa shape index (κ2) is 7.78. The first-order chi connectivity index (χ1) is 10.1. The fraction of sp³-hybridized carbons (Fsp3) is 0.600. The molecular formula is C20H36Si2. The molecule has 22 heavy (non-hydrogen) atoms. The van der Waals surface area contributed by atoms with Gasteiger partial charge in [0.05, 0.1) is 16.9 Å². The molecule has 1 rings (SSSR count). The van der Waals surface area contributed by atoms with Gasteiger partial charge < -0.3 is 0 Å². The Morgan fingerprint density at radius 3 is 1.64 bits per heavy atom. The third kappa shape index (κ3) is 4.02. The van der Waals surface area contributed by atoms with Crippen LogP contribution in [0.25, 0.3) is 5.57 Å². The molecule has 0 nitrogen and oxygen atoms in total. The highest BCUT2D eigenvalue weighted by atomic mass is 28.3. The van der Waals surface area contributed by atoms with Crippen LogP contribution in [0.15, 0.2) is 30.8 Å². The van der Waals surface area contributed by atoms with Crippen LogP contribution in [0.2, 0.25) is 35.8 Å². The lowest BCUT2D eigenvalue weighted by Gasteiger charge is -2.44. The molecule has 0 saturated carbocycles. The summed E-state index contributed by atoms with van der Waals surface area (Å²) in [7, 11) is -2.09. The largest absolute Gasteiger partial charge is 0.0955 e. The van der Waals surface area contributed by atoms with Crippen LogP contribution in [0, 0.1) is 0 Å². The van der Waals surface area contributed by atoms with Crippen LogP contribution < -0.4 is 5.19 Å². The number of allylic oxidation sites excluding steroid dienone is 1. The zero-order chi connectivity index (χ0) is 17.1. The quantitative estimate of drug-likeness (QED) is 0.531. The molecule has 0 amide bonds. The summed E-state index contributed by atoms with van der Waals surface area (Å²) in [5.74, 6) is 0. The summed E-state index contributed by atoms with van der Waals surface area (Å²) < 4.78 is 0. The van der Waals surface area contributed by atoms with Crippen molar-refractivity contribution in [1.82, 2.24) is 0 Å². The van der Waals surface area contributed by atoms with E-state index in [4.69, 9.17) is 0 Å². The van der Waals surface area contributed by atoms with E-state index >= 15 is 0 Å². The van der Waals surface area contributed by atoms with Crippen LogP contribution in [0.3, 0.4) is 0 Å². The fourth-order valence-corrected chi connectivity index (χ4v) is 11.3. The van der Waals surface area contributed by atoms with E-state index in [-0.39, 0.29) is 0 Å². The molecule has 0 bridgehead atoms. The molecule has 0 aliphatic rings. The Hall–Kier alpha value is -0.606. The molecule has 0 aliphatic carbocycles. The van der Waals surface area contributed by atoms with Gasteiger partial charge in [-0.2, -0.15) is 0 Å². The number of rotatable bonds is 7. The Morgan fingerprint density at radius 2 is 1.32 bits per heavy atom. The molecule has 0 unspecified atom stereocenters. The maximum absolute atomic E-state index is 4.48. The molecule has 0 saturated heterocycles. The van der Waals surface area contributed by atoms with Gasteiger partial charge >= 0.3 is 0 Å². The van der Waals surface area contributed by atoms with Gasteiger partial charge in [-0.3, -0.25) is 0 Å². The van der Waals surface area contributed by atoms with Gasteiger partial charge in [0.1, 0.15) is 0 Å². The minimum Gasteiger partial charge on any atom is -0.0955 e. The van der Waals surface area contributed by atoms with Crippen LogP contribution in [-0.2, 0) is 0 Å². The smallest absolute Gasteiger partial charge is 0.0656 e. The van der Waals surface area contributed by atoms with Gasteiger partial charge in [0, 0.05) is 0 Å². The van der Waals surface area contributed by atoms with Crippen LogP contribution >= 0.6 is 0 Å². The van der Waals surface area contributed by atoms with E-state index in [1.165, 1.54) is 17.2 Å². The standard InChI is InChI=1S/C20H36Si2/c1-15(2)22(16(3)4,17(5)6)14-18(7)19-10-12-20(13-11-19)21(8)9/h10-13,15-17,21H,7,14H2,1-6,8-9H3. The van der Waals surface area contributed by atoms with E-state index in [0.717, 1.165) is 16.6 Å². The summed E-state index contributed by atoms with van der Waals surface area (Å²) in [5.41, 5.74) is 5.11. The van der Waals surface area contributed by atoms with E-state index in [1.807, 2.05) is 0 Å². The monoisotopic (exact) mass is 332 g/mol. The molecule has 1 aromatic rings. The third-order valence-electron chi connectivity index (χ3n) is 5.73. The molecule has 124 valence electrons. The topological polar surface area (TPSA) is 0 Å². The van der Waals surface area contributed by atoms with Crippen molar-refractivity contribution in [3.05, 3.63) is 36.4 Å². The van der Waals surface area contributed by atoms with E-state index in [9.17, 15) is 0 Å². The molecule has 0 N–H and O–H groups in total. The molecular weight excluding hydrogens is 296 g/mol. The van der Waals surface area contributed by atoms with Gasteiger partial charge in [-0.05, 0) is 11.6 Å². The first kappa shape index (κ1) is 19.4. The first-order valence-electron chi connectivity index (χ1n) is 8.91. The average molecular weight is 333 g/mol. The summed E-state index contributed by atoms with van der Waals surface area (Å²) in [6.07, 6.45) is 0. The van der Waals surface area contributed by atoms with Crippen molar-refractivity contribution in [2.75, 3.05) is 0 Å². The van der Waals surface area contributed by atoms with Crippen molar-refractivity contribution >= 4 is 27.6 Å². The Morgan fingerprint density at radius 1 is 0.909 bits per heavy atom. The van der Waals surface area contributed by atoms with Crippen LogP contribution in [0.1, 0.15) is 47.1 Å². The number of hydrogen-bond acceptors (Lipinski definition) is 0. The van der Waals surface area contributed by atoms with E-state index in [1.54, 1.807) is 5.19 Å². The number of hydrogen-bond donors (Lipinski definition) is 0. The van der Waals surface area contributed by atoms with Gasteiger partial charge in [-0.1, -0.05) is 113 Å². The SMILES string of the molecule is C=C(C[Si](C(C)C)(C(C)C)C(C)C)c1ccc([SiH](C)C)cc1. The summed E-state index contributed by atoms with van der Waals surface area (Å²) in [6.45, 7) is 23.9. The average Bonchev–Trinajstić information content (AvgIpc) is 2.43.